The number of benzene rings is 1. The molecule has 2 aliphatic carbocycles. The smallest absolute Gasteiger partial charge is 0.356 e. The number of fused-ring (bicyclic) bond motifs is 3. The van der Waals surface area contributed by atoms with E-state index < -0.39 is 17.6 Å². The first-order chi connectivity index (χ1) is 9.58. The first-order valence-corrected chi connectivity index (χ1v) is 6.33. The SMILES string of the molecule is O=C(O)c1n[nH]c2c1C[C@@H]1C(c3ccc(F)cc3F)[C@H]21. The van der Waals surface area contributed by atoms with Gasteiger partial charge in [-0.2, -0.15) is 5.10 Å². The summed E-state index contributed by atoms with van der Waals surface area (Å²) in [5.74, 6) is -1.92. The Kier molecular flexibility index (Phi) is 2.11. The molecule has 1 fully saturated rings. The third-order valence-corrected chi connectivity index (χ3v) is 4.37. The Morgan fingerprint density at radius 2 is 2.15 bits per heavy atom. The molecule has 2 N–H and O–H groups in total. The van der Waals surface area contributed by atoms with E-state index in [-0.39, 0.29) is 23.4 Å². The van der Waals surface area contributed by atoms with E-state index in [0.29, 0.717) is 12.0 Å². The average Bonchev–Trinajstić information content (AvgIpc) is 2.76. The third kappa shape index (κ3) is 1.39. The second-order valence-electron chi connectivity index (χ2n) is 5.35. The number of carbonyl (C=O) groups is 1. The van der Waals surface area contributed by atoms with Gasteiger partial charge in [0.1, 0.15) is 11.6 Å². The summed E-state index contributed by atoms with van der Waals surface area (Å²) in [5.41, 5.74) is 2.08. The van der Waals surface area contributed by atoms with Crippen molar-refractivity contribution in [1.82, 2.24) is 10.2 Å². The molecule has 2 aliphatic rings. The van der Waals surface area contributed by atoms with Crippen molar-refractivity contribution in [3.05, 3.63) is 52.3 Å². The lowest BCUT2D eigenvalue weighted by Crippen LogP contribution is -2.03. The number of carboxylic acid groups (broad SMARTS) is 1. The Labute approximate surface area is 112 Å². The van der Waals surface area contributed by atoms with Crippen molar-refractivity contribution in [2.24, 2.45) is 5.92 Å². The highest BCUT2D eigenvalue weighted by Crippen LogP contribution is 2.66. The van der Waals surface area contributed by atoms with Gasteiger partial charge in [-0.05, 0) is 29.9 Å². The molecule has 102 valence electrons. The first kappa shape index (κ1) is 11.6. The van der Waals surface area contributed by atoms with Crippen LogP contribution in [0.1, 0.15) is 39.1 Å². The molecule has 1 saturated carbocycles. The Morgan fingerprint density at radius 3 is 2.85 bits per heavy atom. The van der Waals surface area contributed by atoms with E-state index >= 15 is 0 Å². The molecule has 6 heteroatoms. The Balaban J connectivity index is 1.69. The maximum absolute atomic E-state index is 13.8. The van der Waals surface area contributed by atoms with Crippen molar-refractivity contribution >= 4 is 5.97 Å². The van der Waals surface area contributed by atoms with Gasteiger partial charge in [0.15, 0.2) is 5.69 Å². The van der Waals surface area contributed by atoms with Crippen LogP contribution in [-0.2, 0) is 6.42 Å². The summed E-state index contributed by atoms with van der Waals surface area (Å²) in [6.07, 6.45) is 0.583. The molecule has 20 heavy (non-hydrogen) atoms. The van der Waals surface area contributed by atoms with Gasteiger partial charge in [-0.1, -0.05) is 6.07 Å². The van der Waals surface area contributed by atoms with Crippen molar-refractivity contribution in [3.8, 4) is 0 Å². The van der Waals surface area contributed by atoms with E-state index in [0.717, 1.165) is 17.3 Å². The summed E-state index contributed by atoms with van der Waals surface area (Å²) in [4.78, 5) is 11.0. The quantitative estimate of drug-likeness (QED) is 0.885. The number of aromatic nitrogens is 2. The highest BCUT2D eigenvalue weighted by Gasteiger charge is 2.59. The van der Waals surface area contributed by atoms with Crippen molar-refractivity contribution in [1.29, 1.82) is 0 Å². The summed E-state index contributed by atoms with van der Waals surface area (Å²) in [7, 11) is 0. The number of rotatable bonds is 2. The van der Waals surface area contributed by atoms with Crippen LogP contribution in [0.3, 0.4) is 0 Å². The molecule has 0 radical (unpaired) electrons. The fourth-order valence-electron chi connectivity index (χ4n) is 3.49. The molecular weight excluding hydrogens is 266 g/mol. The zero-order chi connectivity index (χ0) is 14.0. The van der Waals surface area contributed by atoms with E-state index in [4.69, 9.17) is 5.11 Å². The molecule has 3 atom stereocenters. The minimum absolute atomic E-state index is 0.00908. The minimum Gasteiger partial charge on any atom is -0.476 e. The fourth-order valence-corrected chi connectivity index (χ4v) is 3.49. The van der Waals surface area contributed by atoms with Gasteiger partial charge < -0.3 is 5.11 Å². The molecule has 1 heterocycles. The molecule has 1 aromatic carbocycles. The lowest BCUT2D eigenvalue weighted by molar-refractivity contribution is 0.0689. The second kappa shape index (κ2) is 3.65. The molecule has 0 aliphatic heterocycles. The van der Waals surface area contributed by atoms with E-state index in [1.165, 1.54) is 12.1 Å². The summed E-state index contributed by atoms with van der Waals surface area (Å²) < 4.78 is 26.7. The summed E-state index contributed by atoms with van der Waals surface area (Å²) in [6, 6.07) is 3.62. The highest BCUT2D eigenvalue weighted by molar-refractivity contribution is 5.88. The number of hydrogen-bond acceptors (Lipinski definition) is 2. The van der Waals surface area contributed by atoms with Crippen molar-refractivity contribution in [2.75, 3.05) is 0 Å². The molecule has 1 unspecified atom stereocenters. The van der Waals surface area contributed by atoms with E-state index in [1.807, 2.05) is 0 Å². The number of hydrogen-bond donors (Lipinski definition) is 2. The number of aromatic carboxylic acids is 1. The van der Waals surface area contributed by atoms with Crippen LogP contribution < -0.4 is 0 Å². The van der Waals surface area contributed by atoms with Gasteiger partial charge in [-0.15, -0.1) is 0 Å². The lowest BCUT2D eigenvalue weighted by Gasteiger charge is -2.06. The van der Waals surface area contributed by atoms with Crippen LogP contribution >= 0.6 is 0 Å². The van der Waals surface area contributed by atoms with Gasteiger partial charge in [-0.3, -0.25) is 5.10 Å². The van der Waals surface area contributed by atoms with Crippen molar-refractivity contribution in [3.63, 3.8) is 0 Å². The van der Waals surface area contributed by atoms with Crippen LogP contribution in [0.4, 0.5) is 8.78 Å². The summed E-state index contributed by atoms with van der Waals surface area (Å²) >= 11 is 0. The highest BCUT2D eigenvalue weighted by atomic mass is 19.1. The standard InChI is InChI=1S/C14H10F2N2O2/c15-5-1-2-6(9(16)3-5)10-7-4-8-12(11(7)10)17-18-13(8)14(19)20/h1-3,7,10-11H,4H2,(H,17,18)(H,19,20)/t7-,10?,11-/m1/s1. The zero-order valence-electron chi connectivity index (χ0n) is 10.2. The number of halogens is 2. The zero-order valence-corrected chi connectivity index (χ0v) is 10.2. The molecule has 0 spiro atoms. The maximum atomic E-state index is 13.8. The topological polar surface area (TPSA) is 66.0 Å². The predicted octanol–water partition coefficient (Wildman–Crippen LogP) is 2.44. The van der Waals surface area contributed by atoms with Gasteiger partial charge in [0.25, 0.3) is 0 Å². The number of nitrogens with one attached hydrogen (secondary N) is 1. The van der Waals surface area contributed by atoms with Gasteiger partial charge >= 0.3 is 5.97 Å². The Bertz CT molecular complexity index is 741. The van der Waals surface area contributed by atoms with Gasteiger partial charge in [-0.25, -0.2) is 13.6 Å². The molecule has 4 nitrogen and oxygen atoms in total. The van der Waals surface area contributed by atoms with Crippen LogP contribution in [0.5, 0.6) is 0 Å². The fraction of sp³-hybridized carbons (Fsp3) is 0.286. The number of aromatic amines is 1. The number of carboxylic acids is 1. The van der Waals surface area contributed by atoms with Gasteiger partial charge in [0.2, 0.25) is 0 Å². The van der Waals surface area contributed by atoms with Crippen LogP contribution in [0.25, 0.3) is 0 Å². The second-order valence-corrected chi connectivity index (χ2v) is 5.35. The van der Waals surface area contributed by atoms with Crippen LogP contribution in [-0.4, -0.2) is 21.3 Å². The molecule has 0 amide bonds. The minimum atomic E-state index is -1.05. The van der Waals surface area contributed by atoms with Crippen molar-refractivity contribution < 1.29 is 18.7 Å². The van der Waals surface area contributed by atoms with E-state index in [9.17, 15) is 13.6 Å². The molecule has 0 saturated heterocycles. The monoisotopic (exact) mass is 276 g/mol. The van der Waals surface area contributed by atoms with E-state index in [2.05, 4.69) is 10.2 Å². The maximum Gasteiger partial charge on any atom is 0.356 e. The molecule has 4 rings (SSSR count). The average molecular weight is 276 g/mol. The lowest BCUT2D eigenvalue weighted by atomic mass is 10.00. The van der Waals surface area contributed by atoms with Crippen LogP contribution in [0.2, 0.25) is 0 Å². The molecule has 1 aromatic heterocycles. The van der Waals surface area contributed by atoms with Gasteiger partial charge in [0, 0.05) is 23.2 Å². The Hall–Kier alpha value is -2.24. The van der Waals surface area contributed by atoms with E-state index in [1.54, 1.807) is 0 Å². The third-order valence-electron chi connectivity index (χ3n) is 4.37. The van der Waals surface area contributed by atoms with Crippen LogP contribution in [0.15, 0.2) is 18.2 Å². The van der Waals surface area contributed by atoms with Crippen LogP contribution in [0, 0.1) is 17.6 Å². The summed E-state index contributed by atoms with van der Waals surface area (Å²) in [5, 5.41) is 15.6. The largest absolute Gasteiger partial charge is 0.476 e. The summed E-state index contributed by atoms with van der Waals surface area (Å²) in [6.45, 7) is 0. The number of nitrogens with zero attached hydrogens (tertiary/aromatic N) is 1. The van der Waals surface area contributed by atoms with Gasteiger partial charge in [0.05, 0.1) is 0 Å². The first-order valence-electron chi connectivity index (χ1n) is 6.33. The number of H-pyrrole nitrogens is 1. The Morgan fingerprint density at radius 1 is 1.35 bits per heavy atom. The predicted molar refractivity (Wildman–Crippen MR) is 64.6 cm³/mol. The molecule has 2 aromatic rings. The molecule has 0 bridgehead atoms. The van der Waals surface area contributed by atoms with Crippen molar-refractivity contribution in [2.45, 2.75) is 18.3 Å². The molecular formula is C14H10F2N2O2. The normalized spacial score (nSPS) is 26.2.